The highest BCUT2D eigenvalue weighted by Gasteiger charge is 2.45. The molecule has 2 aromatic heterocycles. The van der Waals surface area contributed by atoms with Crippen LogP contribution in [0.2, 0.25) is 0 Å². The molecule has 3 aliphatic rings. The number of ether oxygens (including phenoxy) is 3. The maximum atomic E-state index is 17.7. The molecule has 2 aliphatic heterocycles. The predicted octanol–water partition coefficient (Wildman–Crippen LogP) is 5.73. The normalized spacial score (nSPS) is 18.8. The summed E-state index contributed by atoms with van der Waals surface area (Å²) < 4.78 is 77.0. The number of benzene rings is 3. The fraction of sp³-hybridized carbons (Fsp3) is 0.356. The highest BCUT2D eigenvalue weighted by atomic mass is 31.2. The second-order valence-corrected chi connectivity index (χ2v) is 17.6. The lowest BCUT2D eigenvalue weighted by molar-refractivity contribution is -0.138. The summed E-state index contributed by atoms with van der Waals surface area (Å²) >= 11 is 0. The number of carbonyl (C=O) groups is 2. The zero-order chi connectivity index (χ0) is 45.0. The van der Waals surface area contributed by atoms with Crippen molar-refractivity contribution in [3.05, 3.63) is 90.6 Å². The third kappa shape index (κ3) is 9.94. The summed E-state index contributed by atoms with van der Waals surface area (Å²) in [5.41, 5.74) is -0.927. The van der Waals surface area contributed by atoms with Gasteiger partial charge in [-0.15, -0.1) is 6.42 Å². The van der Waals surface area contributed by atoms with Crippen LogP contribution in [0.1, 0.15) is 25.3 Å². The third-order valence-corrected chi connectivity index (χ3v) is 12.8. The highest BCUT2D eigenvalue weighted by Crippen LogP contribution is 2.49. The number of para-hydroxylation sites is 1. The number of carboxylic acids is 1. The van der Waals surface area contributed by atoms with E-state index in [1.807, 2.05) is 4.90 Å². The van der Waals surface area contributed by atoms with Crippen LogP contribution in [-0.2, 0) is 23.6 Å². The molecule has 8 rings (SSSR count). The number of halogens is 2. The van der Waals surface area contributed by atoms with E-state index in [4.69, 9.17) is 34.7 Å². The van der Waals surface area contributed by atoms with Crippen molar-refractivity contribution in [2.45, 2.75) is 31.8 Å². The number of anilines is 1. The van der Waals surface area contributed by atoms with Gasteiger partial charge in [0.2, 0.25) is 5.91 Å². The maximum Gasteiger partial charge on any atom is 0.513 e. The summed E-state index contributed by atoms with van der Waals surface area (Å²) in [4.78, 5) is 42.4. The molecule has 1 amide bonds. The van der Waals surface area contributed by atoms with Crippen LogP contribution in [0.15, 0.2) is 73.4 Å². The van der Waals surface area contributed by atoms with E-state index in [2.05, 4.69) is 37.8 Å². The van der Waals surface area contributed by atoms with Crippen molar-refractivity contribution in [3.8, 4) is 41.1 Å². The van der Waals surface area contributed by atoms with E-state index < -0.39 is 43.3 Å². The maximum absolute atomic E-state index is 17.7. The molecule has 64 heavy (non-hydrogen) atoms. The lowest BCUT2D eigenvalue weighted by atomic mass is 9.96. The smallest absolute Gasteiger partial charge is 0.480 e. The van der Waals surface area contributed by atoms with Crippen molar-refractivity contribution in [2.24, 2.45) is 5.41 Å². The molecule has 0 spiro atoms. The van der Waals surface area contributed by atoms with E-state index >= 15 is 8.78 Å². The van der Waals surface area contributed by atoms with Gasteiger partial charge in [-0.25, -0.2) is 13.3 Å². The van der Waals surface area contributed by atoms with Gasteiger partial charge >= 0.3 is 19.7 Å². The number of pyridine rings is 1. The first-order valence-corrected chi connectivity index (χ1v) is 22.2. The number of nitrogens with one attached hydrogen (secondary N) is 2. The van der Waals surface area contributed by atoms with Crippen LogP contribution in [-0.4, -0.2) is 115 Å². The van der Waals surface area contributed by atoms with Crippen molar-refractivity contribution >= 4 is 47.1 Å². The SMILES string of the molecule is C#Cc1c(F)ccc2cc(OP(=O)(NC(C)C(=O)O)Oc3ccccc3)cc(-c3ncc4c(N5CCOC[C@@H](NC(=O)C=C)C5)nc(OCC5(CN6CCOCC6)CC5)nc4c3F)c12. The number of carboxylic acid groups (broad SMARTS) is 1. The topological polar surface area (TPSA) is 187 Å². The third-order valence-electron chi connectivity index (χ3n) is 11.2. The van der Waals surface area contributed by atoms with Gasteiger partial charge in [-0.3, -0.25) is 19.5 Å². The number of fused-ring (bicyclic) bond motifs is 2. The molecule has 5 aromatic rings. The molecule has 16 nitrogen and oxygen atoms in total. The average molecular weight is 898 g/mol. The Bertz CT molecular complexity index is 2680. The van der Waals surface area contributed by atoms with Crippen LogP contribution in [0.3, 0.4) is 0 Å². The van der Waals surface area contributed by atoms with Gasteiger partial charge in [0.15, 0.2) is 5.82 Å². The van der Waals surface area contributed by atoms with Gasteiger partial charge in [0.25, 0.3) is 0 Å². The van der Waals surface area contributed by atoms with E-state index in [1.165, 1.54) is 43.5 Å². The van der Waals surface area contributed by atoms with E-state index in [0.29, 0.717) is 19.8 Å². The highest BCUT2D eigenvalue weighted by molar-refractivity contribution is 7.52. The zero-order valence-electron chi connectivity index (χ0n) is 34.9. The molecular weight excluding hydrogens is 852 g/mol. The number of aliphatic carboxylic acids is 1. The van der Waals surface area contributed by atoms with Gasteiger partial charge in [-0.05, 0) is 61.6 Å². The molecular formula is C45H46F2N7O9P. The fourth-order valence-corrected chi connectivity index (χ4v) is 9.27. The molecule has 4 heterocycles. The minimum absolute atomic E-state index is 0.0580. The van der Waals surface area contributed by atoms with Gasteiger partial charge in [0.1, 0.15) is 40.4 Å². The second-order valence-electron chi connectivity index (χ2n) is 15.9. The number of hydrogen-bond donors (Lipinski definition) is 3. The molecule has 3 atom stereocenters. The van der Waals surface area contributed by atoms with Crippen LogP contribution in [0, 0.1) is 29.4 Å². The van der Waals surface area contributed by atoms with Crippen LogP contribution in [0.25, 0.3) is 32.9 Å². The Hall–Kier alpha value is -6.22. The first-order valence-electron chi connectivity index (χ1n) is 20.7. The predicted molar refractivity (Wildman–Crippen MR) is 233 cm³/mol. The molecule has 1 saturated carbocycles. The molecule has 2 unspecified atom stereocenters. The van der Waals surface area contributed by atoms with E-state index in [-0.39, 0.29) is 93.6 Å². The number of amides is 1. The Morgan fingerprint density at radius 3 is 2.55 bits per heavy atom. The Balaban J connectivity index is 1.25. The first kappa shape index (κ1) is 44.4. The van der Waals surface area contributed by atoms with Gasteiger partial charge in [0, 0.05) is 55.3 Å². The molecule has 334 valence electrons. The first-order chi connectivity index (χ1) is 30.9. The van der Waals surface area contributed by atoms with Crippen LogP contribution < -0.4 is 29.1 Å². The van der Waals surface area contributed by atoms with Gasteiger partial charge in [-0.2, -0.15) is 15.1 Å². The van der Waals surface area contributed by atoms with E-state index in [9.17, 15) is 19.3 Å². The average Bonchev–Trinajstić information content (AvgIpc) is 4.09. The summed E-state index contributed by atoms with van der Waals surface area (Å²) in [6, 6.07) is 11.2. The largest absolute Gasteiger partial charge is 0.513 e. The number of morpholine rings is 1. The summed E-state index contributed by atoms with van der Waals surface area (Å²) in [7, 11) is -4.57. The van der Waals surface area contributed by atoms with E-state index in [0.717, 1.165) is 44.6 Å². The molecule has 0 bridgehead atoms. The number of hydrogen-bond acceptors (Lipinski definition) is 13. The van der Waals surface area contributed by atoms with Gasteiger partial charge in [-0.1, -0.05) is 36.8 Å². The van der Waals surface area contributed by atoms with Crippen LogP contribution in [0.4, 0.5) is 14.6 Å². The molecule has 2 saturated heterocycles. The summed E-state index contributed by atoms with van der Waals surface area (Å²) in [5.74, 6) is -0.890. The Kier molecular flexibility index (Phi) is 13.1. The Morgan fingerprint density at radius 1 is 1.08 bits per heavy atom. The van der Waals surface area contributed by atoms with Crippen molar-refractivity contribution in [2.75, 3.05) is 70.7 Å². The molecule has 3 N–H and O–H groups in total. The van der Waals surface area contributed by atoms with Crippen LogP contribution in [0.5, 0.6) is 17.5 Å². The van der Waals surface area contributed by atoms with Crippen molar-refractivity contribution in [1.29, 1.82) is 0 Å². The number of nitrogens with zero attached hydrogens (tertiary/aromatic N) is 5. The molecule has 19 heteroatoms. The summed E-state index contributed by atoms with van der Waals surface area (Å²) in [6.07, 6.45) is 10.3. The van der Waals surface area contributed by atoms with E-state index in [1.54, 1.807) is 18.2 Å². The summed E-state index contributed by atoms with van der Waals surface area (Å²) in [6.45, 7) is 9.79. The van der Waals surface area contributed by atoms with Crippen molar-refractivity contribution < 1.29 is 51.3 Å². The van der Waals surface area contributed by atoms with Gasteiger partial charge < -0.3 is 38.6 Å². The van der Waals surface area contributed by atoms with Gasteiger partial charge in [0.05, 0.1) is 50.0 Å². The zero-order valence-corrected chi connectivity index (χ0v) is 35.8. The quantitative estimate of drug-likeness (QED) is 0.0619. The number of carbonyl (C=O) groups excluding carboxylic acids is 1. The minimum atomic E-state index is -4.57. The number of rotatable bonds is 16. The monoisotopic (exact) mass is 897 g/mol. The van der Waals surface area contributed by atoms with Crippen LogP contribution >= 0.6 is 7.75 Å². The lowest BCUT2D eigenvalue weighted by Gasteiger charge is -2.30. The van der Waals surface area contributed by atoms with Crippen molar-refractivity contribution in [1.82, 2.24) is 30.3 Å². The molecule has 1 aliphatic carbocycles. The Morgan fingerprint density at radius 2 is 1.83 bits per heavy atom. The fourth-order valence-electron chi connectivity index (χ4n) is 7.76. The molecule has 0 radical (unpaired) electrons. The molecule has 3 aromatic carbocycles. The molecule has 3 fully saturated rings. The number of aromatic nitrogens is 3. The minimum Gasteiger partial charge on any atom is -0.480 e. The summed E-state index contributed by atoms with van der Waals surface area (Å²) in [5, 5.41) is 15.5. The van der Waals surface area contributed by atoms with Crippen molar-refractivity contribution in [3.63, 3.8) is 0 Å². The lowest BCUT2D eigenvalue weighted by Crippen LogP contribution is -2.44. The number of terminal acetylenes is 1. The standard InChI is InChI=1S/C45H46F2N7O9P/c1-4-33-36(46)12-11-29-21-32(63-64(58,52-28(3)43(56)57)62-31-9-7-6-8-10-31)22-34(38(29)33)40-39(47)41-35(23-48-40)42(54-17-20-60-25-30(24-54)49-37(55)5-2)51-44(50-41)61-27-45(13-14-45)26-53-15-18-59-19-16-53/h1,5-12,21-23,28,30H,2,13-20,24-27H2,3H3,(H,49,55)(H,52,58)(H,56,57)/t28?,30-,64?/m0/s1. The second kappa shape index (κ2) is 18.9. The Labute approximate surface area is 367 Å².